The number of carbonyl (C=O) groups is 1. The number of likely N-dealkylation sites (N-methyl/N-ethyl adjacent to an activating group) is 1. The van der Waals surface area contributed by atoms with Crippen LogP contribution in [0.15, 0.2) is 18.2 Å². The summed E-state index contributed by atoms with van der Waals surface area (Å²) >= 11 is 0. The molecule has 0 spiro atoms. The fraction of sp³-hybridized carbons (Fsp3) is 0.462. The Morgan fingerprint density at radius 1 is 1.50 bits per heavy atom. The van der Waals surface area contributed by atoms with Gasteiger partial charge in [0.25, 0.3) is 0 Å². The topological polar surface area (TPSA) is 67.6 Å². The summed E-state index contributed by atoms with van der Waals surface area (Å²) in [5.74, 6) is -0.0459. The second-order valence-electron chi connectivity index (χ2n) is 4.21. The van der Waals surface area contributed by atoms with Gasteiger partial charge in [0, 0.05) is 20.7 Å². The molecular formula is C13H21N3O2. The van der Waals surface area contributed by atoms with E-state index in [1.54, 1.807) is 7.11 Å². The van der Waals surface area contributed by atoms with Gasteiger partial charge < -0.3 is 20.7 Å². The smallest absolute Gasteiger partial charge is 0.239 e. The lowest BCUT2D eigenvalue weighted by Crippen LogP contribution is -2.36. The van der Waals surface area contributed by atoms with E-state index in [1.807, 2.05) is 37.1 Å². The van der Waals surface area contributed by atoms with E-state index in [-0.39, 0.29) is 12.5 Å². The van der Waals surface area contributed by atoms with E-state index >= 15 is 0 Å². The first-order chi connectivity index (χ1) is 8.56. The minimum absolute atomic E-state index is 0.0459. The highest BCUT2D eigenvalue weighted by atomic mass is 16.5. The van der Waals surface area contributed by atoms with E-state index in [1.165, 1.54) is 0 Å². The highest BCUT2D eigenvalue weighted by Gasteiger charge is 2.10. The van der Waals surface area contributed by atoms with Crippen LogP contribution < -0.4 is 16.0 Å². The zero-order valence-corrected chi connectivity index (χ0v) is 11.2. The molecule has 0 aromatic heterocycles. The van der Waals surface area contributed by atoms with Crippen LogP contribution in [0.5, 0.6) is 0 Å². The summed E-state index contributed by atoms with van der Waals surface area (Å²) < 4.78 is 4.87. The van der Waals surface area contributed by atoms with E-state index in [0.717, 1.165) is 11.3 Å². The lowest BCUT2D eigenvalue weighted by Gasteiger charge is -2.21. The van der Waals surface area contributed by atoms with Crippen molar-refractivity contribution in [1.82, 2.24) is 5.32 Å². The minimum atomic E-state index is -0.0459. The molecule has 100 valence electrons. The molecule has 0 bridgehead atoms. The van der Waals surface area contributed by atoms with Crippen LogP contribution in [0, 0.1) is 6.92 Å². The number of carbonyl (C=O) groups excluding carboxylic acids is 1. The number of hydrogen-bond acceptors (Lipinski definition) is 4. The molecule has 0 saturated carbocycles. The number of nitrogens with two attached hydrogens (primary N) is 1. The number of hydrogen-bond donors (Lipinski definition) is 2. The maximum atomic E-state index is 11.6. The lowest BCUT2D eigenvalue weighted by atomic mass is 10.1. The molecule has 0 heterocycles. The molecule has 0 unspecified atom stereocenters. The van der Waals surface area contributed by atoms with Crippen molar-refractivity contribution in [2.45, 2.75) is 6.92 Å². The van der Waals surface area contributed by atoms with E-state index in [0.29, 0.717) is 18.8 Å². The molecule has 0 atom stereocenters. The molecule has 0 fully saturated rings. The predicted octanol–water partition coefficient (Wildman–Crippen LogP) is 0.776. The number of aryl methyl sites for hydroxylation is 1. The largest absolute Gasteiger partial charge is 0.397 e. The molecule has 3 N–H and O–H groups in total. The molecule has 0 radical (unpaired) electrons. The van der Waals surface area contributed by atoms with Gasteiger partial charge in [0.2, 0.25) is 5.91 Å². The van der Waals surface area contributed by atoms with E-state index in [9.17, 15) is 4.79 Å². The van der Waals surface area contributed by atoms with E-state index in [2.05, 4.69) is 5.32 Å². The highest BCUT2D eigenvalue weighted by Crippen LogP contribution is 2.24. The SMILES string of the molecule is COCCNC(=O)CN(C)c1cccc(C)c1N. The zero-order valence-electron chi connectivity index (χ0n) is 11.2. The normalized spacial score (nSPS) is 10.2. The Morgan fingerprint density at radius 2 is 2.22 bits per heavy atom. The Labute approximate surface area is 108 Å². The number of methoxy groups -OCH3 is 1. The minimum Gasteiger partial charge on any atom is -0.397 e. The Hall–Kier alpha value is -1.75. The van der Waals surface area contributed by atoms with Gasteiger partial charge >= 0.3 is 0 Å². The van der Waals surface area contributed by atoms with Crippen molar-refractivity contribution >= 4 is 17.3 Å². The number of rotatable bonds is 6. The molecule has 0 aliphatic heterocycles. The maximum absolute atomic E-state index is 11.6. The first-order valence-electron chi connectivity index (χ1n) is 5.88. The van der Waals surface area contributed by atoms with Crippen LogP contribution in [-0.4, -0.2) is 39.8 Å². The van der Waals surface area contributed by atoms with Gasteiger partial charge in [-0.05, 0) is 18.6 Å². The van der Waals surface area contributed by atoms with Crippen LogP contribution in [0.2, 0.25) is 0 Å². The summed E-state index contributed by atoms with van der Waals surface area (Å²) in [4.78, 5) is 13.5. The van der Waals surface area contributed by atoms with Gasteiger partial charge in [0.15, 0.2) is 0 Å². The monoisotopic (exact) mass is 251 g/mol. The van der Waals surface area contributed by atoms with Crippen LogP contribution in [0.3, 0.4) is 0 Å². The summed E-state index contributed by atoms with van der Waals surface area (Å²) in [7, 11) is 3.45. The molecule has 0 saturated heterocycles. The zero-order chi connectivity index (χ0) is 13.5. The lowest BCUT2D eigenvalue weighted by molar-refractivity contribution is -0.119. The van der Waals surface area contributed by atoms with E-state index < -0.39 is 0 Å². The predicted molar refractivity (Wildman–Crippen MR) is 73.7 cm³/mol. The van der Waals surface area contributed by atoms with Gasteiger partial charge in [-0.2, -0.15) is 0 Å². The van der Waals surface area contributed by atoms with Crippen LogP contribution in [0.25, 0.3) is 0 Å². The van der Waals surface area contributed by atoms with Gasteiger partial charge in [-0.1, -0.05) is 12.1 Å². The van der Waals surface area contributed by atoms with Crippen molar-refractivity contribution in [3.05, 3.63) is 23.8 Å². The summed E-state index contributed by atoms with van der Waals surface area (Å²) in [5, 5.41) is 2.77. The quantitative estimate of drug-likeness (QED) is 0.579. The third-order valence-corrected chi connectivity index (χ3v) is 2.72. The molecule has 1 aromatic carbocycles. The number of para-hydroxylation sites is 1. The number of nitrogen functional groups attached to an aromatic ring is 1. The second kappa shape index (κ2) is 6.86. The second-order valence-corrected chi connectivity index (χ2v) is 4.21. The summed E-state index contributed by atoms with van der Waals surface area (Å²) in [6, 6.07) is 5.79. The van der Waals surface area contributed by atoms with Crippen molar-refractivity contribution in [3.63, 3.8) is 0 Å². The van der Waals surface area contributed by atoms with Crippen LogP contribution in [0.1, 0.15) is 5.56 Å². The third-order valence-electron chi connectivity index (χ3n) is 2.72. The Bertz CT molecular complexity index is 407. The fourth-order valence-electron chi connectivity index (χ4n) is 1.65. The maximum Gasteiger partial charge on any atom is 0.239 e. The molecular weight excluding hydrogens is 230 g/mol. The molecule has 0 aliphatic carbocycles. The first-order valence-corrected chi connectivity index (χ1v) is 5.88. The number of benzene rings is 1. The van der Waals surface area contributed by atoms with Crippen molar-refractivity contribution in [2.75, 3.05) is 44.5 Å². The third kappa shape index (κ3) is 3.92. The Balaban J connectivity index is 2.57. The summed E-state index contributed by atoms with van der Waals surface area (Å²) in [6.45, 7) is 3.26. The van der Waals surface area contributed by atoms with Crippen LogP contribution in [-0.2, 0) is 9.53 Å². The fourth-order valence-corrected chi connectivity index (χ4v) is 1.65. The molecule has 0 aliphatic rings. The number of anilines is 2. The van der Waals surface area contributed by atoms with Gasteiger partial charge in [0.1, 0.15) is 0 Å². The van der Waals surface area contributed by atoms with Crippen LogP contribution >= 0.6 is 0 Å². The van der Waals surface area contributed by atoms with Crippen molar-refractivity contribution < 1.29 is 9.53 Å². The summed E-state index contributed by atoms with van der Waals surface area (Å²) in [6.07, 6.45) is 0. The van der Waals surface area contributed by atoms with Crippen molar-refractivity contribution in [2.24, 2.45) is 0 Å². The molecule has 1 aromatic rings. The molecule has 1 amide bonds. The van der Waals surface area contributed by atoms with Gasteiger partial charge in [-0.25, -0.2) is 0 Å². The Morgan fingerprint density at radius 3 is 2.89 bits per heavy atom. The number of ether oxygens (including phenoxy) is 1. The molecule has 18 heavy (non-hydrogen) atoms. The van der Waals surface area contributed by atoms with Gasteiger partial charge in [-0.15, -0.1) is 0 Å². The average molecular weight is 251 g/mol. The number of nitrogens with one attached hydrogen (secondary N) is 1. The molecule has 5 heteroatoms. The van der Waals surface area contributed by atoms with Gasteiger partial charge in [-0.3, -0.25) is 4.79 Å². The van der Waals surface area contributed by atoms with Gasteiger partial charge in [0.05, 0.1) is 24.5 Å². The molecule has 5 nitrogen and oxygen atoms in total. The average Bonchev–Trinajstić information content (AvgIpc) is 2.32. The van der Waals surface area contributed by atoms with Crippen molar-refractivity contribution in [3.8, 4) is 0 Å². The number of amides is 1. The standard InChI is InChI=1S/C13H21N3O2/c1-10-5-4-6-11(13(10)14)16(2)9-12(17)15-7-8-18-3/h4-6H,7-9,14H2,1-3H3,(H,15,17). The number of nitrogens with zero attached hydrogens (tertiary/aromatic N) is 1. The van der Waals surface area contributed by atoms with E-state index in [4.69, 9.17) is 10.5 Å². The first kappa shape index (κ1) is 14.3. The highest BCUT2D eigenvalue weighted by molar-refractivity contribution is 5.83. The molecule has 1 rings (SSSR count). The summed E-state index contributed by atoms with van der Waals surface area (Å²) in [5.41, 5.74) is 8.59. The van der Waals surface area contributed by atoms with Crippen molar-refractivity contribution in [1.29, 1.82) is 0 Å². The van der Waals surface area contributed by atoms with Crippen LogP contribution in [0.4, 0.5) is 11.4 Å². The Kier molecular flexibility index (Phi) is 5.45.